The first kappa shape index (κ1) is 16.2. The highest BCUT2D eigenvalue weighted by molar-refractivity contribution is 5.75. The molecule has 19 heavy (non-hydrogen) atoms. The van der Waals surface area contributed by atoms with E-state index in [-0.39, 0.29) is 31.6 Å². The summed E-state index contributed by atoms with van der Waals surface area (Å²) in [6.07, 6.45) is -3.04. The van der Waals surface area contributed by atoms with Crippen LogP contribution in [-0.4, -0.2) is 56.5 Å². The van der Waals surface area contributed by atoms with E-state index >= 15 is 0 Å². The van der Waals surface area contributed by atoms with Crippen molar-refractivity contribution in [1.29, 1.82) is 0 Å². The van der Waals surface area contributed by atoms with Crippen molar-refractivity contribution in [3.05, 3.63) is 0 Å². The Morgan fingerprint density at radius 1 is 1.47 bits per heavy atom. The van der Waals surface area contributed by atoms with Crippen LogP contribution in [0.25, 0.3) is 0 Å². The van der Waals surface area contributed by atoms with Gasteiger partial charge in [0.2, 0.25) is 5.91 Å². The molecule has 1 unspecified atom stereocenters. The summed E-state index contributed by atoms with van der Waals surface area (Å²) in [5, 5.41) is 0. The topological polar surface area (TPSA) is 38.8 Å². The van der Waals surface area contributed by atoms with Gasteiger partial charge in [-0.3, -0.25) is 4.79 Å². The second kappa shape index (κ2) is 7.69. The lowest BCUT2D eigenvalue weighted by molar-refractivity contribution is -0.144. The van der Waals surface area contributed by atoms with Crippen molar-refractivity contribution >= 4 is 5.91 Å². The van der Waals surface area contributed by atoms with E-state index in [1.165, 1.54) is 7.05 Å². The highest BCUT2D eigenvalue weighted by Crippen LogP contribution is 2.19. The van der Waals surface area contributed by atoms with E-state index in [0.29, 0.717) is 6.61 Å². The van der Waals surface area contributed by atoms with Gasteiger partial charge in [-0.15, -0.1) is 0 Å². The molecule has 1 rings (SSSR count). The minimum Gasteiger partial charge on any atom is -0.378 e. The molecule has 1 aliphatic heterocycles. The minimum atomic E-state index is -4.23. The van der Waals surface area contributed by atoms with Crippen LogP contribution in [0.4, 0.5) is 13.2 Å². The molecule has 112 valence electrons. The number of carbonyl (C=O) groups excluding carboxylic acids is 1. The molecule has 0 aromatic rings. The van der Waals surface area contributed by atoms with Crippen molar-refractivity contribution in [3.8, 4) is 0 Å². The number of nitrogens with zero attached hydrogens (tertiary/aromatic N) is 1. The summed E-state index contributed by atoms with van der Waals surface area (Å²) in [7, 11) is 1.37. The minimum absolute atomic E-state index is 0.0954. The van der Waals surface area contributed by atoms with Gasteiger partial charge in [0.05, 0.1) is 32.2 Å². The Balaban J connectivity index is 2.05. The number of carbonyl (C=O) groups is 1. The van der Waals surface area contributed by atoms with E-state index in [0.717, 1.165) is 24.3 Å². The SMILES string of the molecule is CN(CCC(F)(F)F)C(=O)CCOCC1CCCO1. The Bertz CT molecular complexity index is 278. The monoisotopic (exact) mass is 283 g/mol. The Kier molecular flexibility index (Phi) is 6.57. The maximum atomic E-state index is 12.0. The zero-order chi connectivity index (χ0) is 14.3. The van der Waals surface area contributed by atoms with Crippen LogP contribution >= 0.6 is 0 Å². The van der Waals surface area contributed by atoms with Gasteiger partial charge in [0.1, 0.15) is 0 Å². The zero-order valence-corrected chi connectivity index (χ0v) is 11.0. The molecule has 1 heterocycles. The number of hydrogen-bond donors (Lipinski definition) is 0. The van der Waals surface area contributed by atoms with Gasteiger partial charge in [0.15, 0.2) is 0 Å². The summed E-state index contributed by atoms with van der Waals surface area (Å²) in [6.45, 7) is 1.09. The first-order chi connectivity index (χ1) is 8.88. The third-order valence-corrected chi connectivity index (χ3v) is 2.94. The molecule has 1 atom stereocenters. The number of hydrogen-bond acceptors (Lipinski definition) is 3. The Labute approximate surface area is 110 Å². The van der Waals surface area contributed by atoms with Crippen LogP contribution in [0.1, 0.15) is 25.7 Å². The van der Waals surface area contributed by atoms with Gasteiger partial charge in [-0.05, 0) is 12.8 Å². The van der Waals surface area contributed by atoms with Crippen molar-refractivity contribution in [2.45, 2.75) is 38.0 Å². The Hall–Kier alpha value is -0.820. The van der Waals surface area contributed by atoms with Crippen LogP contribution < -0.4 is 0 Å². The predicted octanol–water partition coefficient (Wildman–Crippen LogP) is 1.98. The van der Waals surface area contributed by atoms with Gasteiger partial charge >= 0.3 is 6.18 Å². The second-order valence-corrected chi connectivity index (χ2v) is 4.64. The molecule has 1 saturated heterocycles. The van der Waals surface area contributed by atoms with Crippen LogP contribution in [0.3, 0.4) is 0 Å². The molecule has 1 aliphatic rings. The average molecular weight is 283 g/mol. The molecule has 1 fully saturated rings. The smallest absolute Gasteiger partial charge is 0.378 e. The Morgan fingerprint density at radius 2 is 2.21 bits per heavy atom. The maximum absolute atomic E-state index is 12.0. The van der Waals surface area contributed by atoms with Gasteiger partial charge < -0.3 is 14.4 Å². The third-order valence-electron chi connectivity index (χ3n) is 2.94. The van der Waals surface area contributed by atoms with Gasteiger partial charge in [-0.1, -0.05) is 0 Å². The molecule has 0 saturated carbocycles. The lowest BCUT2D eigenvalue weighted by atomic mass is 10.2. The van der Waals surface area contributed by atoms with Crippen molar-refractivity contribution < 1.29 is 27.4 Å². The van der Waals surface area contributed by atoms with E-state index < -0.39 is 12.6 Å². The van der Waals surface area contributed by atoms with Gasteiger partial charge in [-0.25, -0.2) is 0 Å². The highest BCUT2D eigenvalue weighted by Gasteiger charge is 2.27. The lowest BCUT2D eigenvalue weighted by Crippen LogP contribution is -2.31. The molecule has 1 amide bonds. The fourth-order valence-electron chi connectivity index (χ4n) is 1.76. The average Bonchev–Trinajstić information content (AvgIpc) is 2.83. The normalized spacial score (nSPS) is 19.7. The molecule has 0 aromatic heterocycles. The standard InChI is InChI=1S/C12H20F3NO3/c1-16(6-5-12(13,14)15)11(17)4-8-18-9-10-3-2-7-19-10/h10H,2-9H2,1H3. The van der Waals surface area contributed by atoms with E-state index in [2.05, 4.69) is 0 Å². The van der Waals surface area contributed by atoms with Crippen LogP contribution in [-0.2, 0) is 14.3 Å². The lowest BCUT2D eigenvalue weighted by Gasteiger charge is -2.18. The summed E-state index contributed by atoms with van der Waals surface area (Å²) in [5.74, 6) is -0.336. The fourth-order valence-corrected chi connectivity index (χ4v) is 1.76. The maximum Gasteiger partial charge on any atom is 0.390 e. The van der Waals surface area contributed by atoms with Crippen LogP contribution in [0.15, 0.2) is 0 Å². The van der Waals surface area contributed by atoms with E-state index in [9.17, 15) is 18.0 Å². The molecular formula is C12H20F3NO3. The predicted molar refractivity (Wildman–Crippen MR) is 62.7 cm³/mol. The summed E-state index contributed by atoms with van der Waals surface area (Å²) in [5.41, 5.74) is 0. The largest absolute Gasteiger partial charge is 0.390 e. The molecule has 7 heteroatoms. The van der Waals surface area contributed by atoms with Crippen molar-refractivity contribution in [3.63, 3.8) is 0 Å². The molecule has 0 bridgehead atoms. The first-order valence-electron chi connectivity index (χ1n) is 6.38. The van der Waals surface area contributed by atoms with Gasteiger partial charge in [0.25, 0.3) is 0 Å². The molecule has 0 spiro atoms. The molecule has 0 aromatic carbocycles. The molecule has 0 N–H and O–H groups in total. The quantitative estimate of drug-likeness (QED) is 0.671. The number of rotatable bonds is 7. The molecule has 0 aliphatic carbocycles. The number of alkyl halides is 3. The molecular weight excluding hydrogens is 263 g/mol. The molecule has 4 nitrogen and oxygen atoms in total. The van der Waals surface area contributed by atoms with Gasteiger partial charge in [-0.2, -0.15) is 13.2 Å². The van der Waals surface area contributed by atoms with E-state index in [1.54, 1.807) is 0 Å². The summed E-state index contributed by atoms with van der Waals surface area (Å²) >= 11 is 0. The number of halogens is 3. The summed E-state index contributed by atoms with van der Waals surface area (Å²) in [6, 6.07) is 0. The van der Waals surface area contributed by atoms with Crippen LogP contribution in [0.5, 0.6) is 0 Å². The first-order valence-corrected chi connectivity index (χ1v) is 6.38. The van der Waals surface area contributed by atoms with Crippen molar-refractivity contribution in [2.24, 2.45) is 0 Å². The van der Waals surface area contributed by atoms with Crippen LogP contribution in [0.2, 0.25) is 0 Å². The summed E-state index contributed by atoms with van der Waals surface area (Å²) < 4.78 is 46.6. The van der Waals surface area contributed by atoms with Crippen LogP contribution in [0, 0.1) is 0 Å². The highest BCUT2D eigenvalue weighted by atomic mass is 19.4. The number of amides is 1. The third kappa shape index (κ3) is 7.37. The van der Waals surface area contributed by atoms with E-state index in [1.807, 2.05) is 0 Å². The van der Waals surface area contributed by atoms with Gasteiger partial charge in [0, 0.05) is 20.2 Å². The van der Waals surface area contributed by atoms with Crippen molar-refractivity contribution in [2.75, 3.05) is 33.4 Å². The van der Waals surface area contributed by atoms with E-state index in [4.69, 9.17) is 9.47 Å². The number of ether oxygens (including phenoxy) is 2. The molecule has 0 radical (unpaired) electrons. The zero-order valence-electron chi connectivity index (χ0n) is 11.0. The Morgan fingerprint density at radius 3 is 2.79 bits per heavy atom. The fraction of sp³-hybridized carbons (Fsp3) is 0.917. The summed E-state index contributed by atoms with van der Waals surface area (Å²) in [4.78, 5) is 12.6. The van der Waals surface area contributed by atoms with Crippen molar-refractivity contribution in [1.82, 2.24) is 4.90 Å². The second-order valence-electron chi connectivity index (χ2n) is 4.64.